The molecule has 0 amide bonds. The maximum Gasteiger partial charge on any atom is 0.349 e. The first-order valence-electron chi connectivity index (χ1n) is 7.09. The smallest absolute Gasteiger partial charge is 0.349 e. The van der Waals surface area contributed by atoms with Crippen molar-refractivity contribution in [3.05, 3.63) is 46.3 Å². The highest BCUT2D eigenvalue weighted by Gasteiger charge is 2.19. The Balaban J connectivity index is 1.76. The Morgan fingerprint density at radius 1 is 1.21 bits per heavy atom. The Hall–Kier alpha value is -2.06. The van der Waals surface area contributed by atoms with Gasteiger partial charge >= 0.3 is 5.97 Å². The Morgan fingerprint density at radius 2 is 1.96 bits per heavy atom. The van der Waals surface area contributed by atoms with Crippen molar-refractivity contribution in [2.24, 2.45) is 0 Å². The van der Waals surface area contributed by atoms with E-state index in [2.05, 4.69) is 4.98 Å². The Bertz CT molecular complexity index is 873. The lowest BCUT2D eigenvalue weighted by atomic mass is 10.1. The molecule has 0 aliphatic carbocycles. The van der Waals surface area contributed by atoms with Crippen LogP contribution in [0, 0.1) is 11.6 Å². The second-order valence-corrected chi connectivity index (χ2v) is 7.43. The van der Waals surface area contributed by atoms with Crippen molar-refractivity contribution in [1.82, 2.24) is 4.98 Å². The molecule has 0 aliphatic rings. The second-order valence-electron chi connectivity index (χ2n) is 5.39. The van der Waals surface area contributed by atoms with E-state index in [9.17, 15) is 13.6 Å². The van der Waals surface area contributed by atoms with E-state index in [1.165, 1.54) is 28.7 Å². The van der Waals surface area contributed by atoms with Gasteiger partial charge in [-0.15, -0.1) is 11.3 Å². The van der Waals surface area contributed by atoms with E-state index in [0.717, 1.165) is 26.8 Å². The number of anilines is 1. The number of carbonyl (C=O) groups is 1. The van der Waals surface area contributed by atoms with Crippen molar-refractivity contribution in [3.8, 4) is 0 Å². The summed E-state index contributed by atoms with van der Waals surface area (Å²) in [5, 5.41) is 0.867. The summed E-state index contributed by atoms with van der Waals surface area (Å²) in [5.41, 5.74) is 0.397. The minimum Gasteiger partial charge on any atom is -0.454 e. The van der Waals surface area contributed by atoms with Crippen molar-refractivity contribution in [2.75, 3.05) is 19.0 Å². The quantitative estimate of drug-likeness (QED) is 0.630. The number of aromatic nitrogens is 1. The average molecular weight is 368 g/mol. The van der Waals surface area contributed by atoms with Gasteiger partial charge in [0.2, 0.25) is 0 Å². The fourth-order valence-corrected chi connectivity index (χ4v) is 4.08. The van der Waals surface area contributed by atoms with Gasteiger partial charge in [0.25, 0.3) is 0 Å². The zero-order valence-corrected chi connectivity index (χ0v) is 14.8. The van der Waals surface area contributed by atoms with E-state index in [1.807, 2.05) is 19.0 Å². The molecule has 3 aromatic rings. The number of ether oxygens (including phenoxy) is 1. The number of halogens is 2. The number of nitrogens with zero attached hydrogens (tertiary/aromatic N) is 2. The van der Waals surface area contributed by atoms with Crippen molar-refractivity contribution >= 4 is 43.3 Å². The van der Waals surface area contributed by atoms with Gasteiger partial charge < -0.3 is 9.64 Å². The lowest BCUT2D eigenvalue weighted by molar-refractivity contribution is 0.0343. The highest BCUT2D eigenvalue weighted by atomic mass is 32.1. The molecule has 0 N–H and O–H groups in total. The van der Waals surface area contributed by atoms with Gasteiger partial charge in [-0.1, -0.05) is 17.4 Å². The van der Waals surface area contributed by atoms with Crippen molar-refractivity contribution in [1.29, 1.82) is 0 Å². The van der Waals surface area contributed by atoms with E-state index in [1.54, 1.807) is 13.0 Å². The van der Waals surface area contributed by atoms with E-state index >= 15 is 0 Å². The van der Waals surface area contributed by atoms with Gasteiger partial charge in [0, 0.05) is 14.1 Å². The van der Waals surface area contributed by atoms with Crippen LogP contribution in [0.1, 0.15) is 28.3 Å². The minimum atomic E-state index is -0.965. The molecule has 1 aromatic carbocycles. The van der Waals surface area contributed by atoms with Gasteiger partial charge in [-0.3, -0.25) is 0 Å². The summed E-state index contributed by atoms with van der Waals surface area (Å²) < 4.78 is 32.5. The fraction of sp³-hybridized carbons (Fsp3) is 0.250. The first kappa shape index (κ1) is 16.8. The van der Waals surface area contributed by atoms with Crippen LogP contribution in [0.25, 0.3) is 9.53 Å². The number of rotatable bonds is 4. The molecule has 8 heteroatoms. The standard InChI is InChI=1S/C16H14F2N2O2S2/c1-8(9-4-5-10(17)11(18)6-9)22-15(21)13-7-12-14(23-13)19-16(24-12)20(2)3/h4-8H,1-3H3/t8-/m1/s1. The summed E-state index contributed by atoms with van der Waals surface area (Å²) in [6.45, 7) is 1.61. The highest BCUT2D eigenvalue weighted by molar-refractivity contribution is 7.29. The Morgan fingerprint density at radius 3 is 2.58 bits per heavy atom. The van der Waals surface area contributed by atoms with Gasteiger partial charge in [0.05, 0.1) is 4.70 Å². The van der Waals surface area contributed by atoms with Crippen LogP contribution in [-0.4, -0.2) is 25.0 Å². The van der Waals surface area contributed by atoms with E-state index in [-0.39, 0.29) is 0 Å². The van der Waals surface area contributed by atoms with Crippen LogP contribution in [0.5, 0.6) is 0 Å². The fourth-order valence-electron chi connectivity index (χ4n) is 2.07. The number of hydrogen-bond acceptors (Lipinski definition) is 6. The van der Waals surface area contributed by atoms with Crippen LogP contribution in [0.4, 0.5) is 13.9 Å². The summed E-state index contributed by atoms with van der Waals surface area (Å²) >= 11 is 2.74. The van der Waals surface area contributed by atoms with Crippen LogP contribution in [0.3, 0.4) is 0 Å². The zero-order valence-electron chi connectivity index (χ0n) is 13.2. The number of hydrogen-bond donors (Lipinski definition) is 0. The van der Waals surface area contributed by atoms with Crippen LogP contribution >= 0.6 is 22.7 Å². The maximum atomic E-state index is 13.3. The van der Waals surface area contributed by atoms with Crippen molar-refractivity contribution < 1.29 is 18.3 Å². The lowest BCUT2D eigenvalue weighted by Gasteiger charge is -2.13. The molecule has 0 saturated heterocycles. The molecular formula is C16H14F2N2O2S2. The van der Waals surface area contributed by atoms with Crippen LogP contribution in [0.15, 0.2) is 24.3 Å². The number of thiophene rings is 1. The number of benzene rings is 1. The Kier molecular flexibility index (Phi) is 4.51. The largest absolute Gasteiger partial charge is 0.454 e. The molecule has 126 valence electrons. The van der Waals surface area contributed by atoms with Gasteiger partial charge in [0.15, 0.2) is 16.8 Å². The predicted octanol–water partition coefficient (Wildman–Crippen LogP) is 4.62. The van der Waals surface area contributed by atoms with E-state index < -0.39 is 23.7 Å². The molecule has 0 radical (unpaired) electrons. The zero-order chi connectivity index (χ0) is 17.4. The minimum absolute atomic E-state index is 0.397. The number of fused-ring (bicyclic) bond motifs is 1. The molecule has 0 spiro atoms. The van der Waals surface area contributed by atoms with Crippen molar-refractivity contribution in [2.45, 2.75) is 13.0 Å². The molecular weight excluding hydrogens is 354 g/mol. The van der Waals surface area contributed by atoms with Gasteiger partial charge in [-0.05, 0) is 30.7 Å². The molecule has 4 nitrogen and oxygen atoms in total. The molecule has 24 heavy (non-hydrogen) atoms. The molecule has 3 rings (SSSR count). The molecule has 1 atom stereocenters. The highest BCUT2D eigenvalue weighted by Crippen LogP contribution is 2.34. The molecule has 0 bridgehead atoms. The molecule has 0 unspecified atom stereocenters. The topological polar surface area (TPSA) is 42.4 Å². The van der Waals surface area contributed by atoms with Crippen LogP contribution < -0.4 is 4.90 Å². The van der Waals surface area contributed by atoms with E-state index in [4.69, 9.17) is 4.74 Å². The first-order chi connectivity index (χ1) is 11.3. The van der Waals surface area contributed by atoms with Crippen LogP contribution in [-0.2, 0) is 4.74 Å². The normalized spacial score (nSPS) is 12.4. The molecule has 0 aliphatic heterocycles. The summed E-state index contributed by atoms with van der Waals surface area (Å²) in [5.74, 6) is -2.40. The number of thiazole rings is 1. The summed E-state index contributed by atoms with van der Waals surface area (Å²) in [4.78, 5) is 19.8. The van der Waals surface area contributed by atoms with E-state index in [0.29, 0.717) is 10.4 Å². The second kappa shape index (κ2) is 6.45. The molecule has 2 heterocycles. The summed E-state index contributed by atoms with van der Waals surface area (Å²) in [6.07, 6.45) is -0.682. The monoisotopic (exact) mass is 368 g/mol. The maximum absolute atomic E-state index is 13.3. The molecule has 0 fully saturated rings. The summed E-state index contributed by atoms with van der Waals surface area (Å²) in [6, 6.07) is 5.19. The SMILES string of the molecule is C[C@@H](OC(=O)c1cc2sc(N(C)C)nc2s1)c1ccc(F)c(F)c1. The third-order valence-electron chi connectivity index (χ3n) is 3.36. The number of carbonyl (C=O) groups excluding carboxylic acids is 1. The van der Waals surface area contributed by atoms with Gasteiger partial charge in [-0.25, -0.2) is 18.6 Å². The Labute approximate surface area is 145 Å². The first-order valence-corrected chi connectivity index (χ1v) is 8.72. The lowest BCUT2D eigenvalue weighted by Crippen LogP contribution is -2.08. The molecule has 0 saturated carbocycles. The molecule has 2 aromatic heterocycles. The van der Waals surface area contributed by atoms with Gasteiger partial charge in [-0.2, -0.15) is 0 Å². The van der Waals surface area contributed by atoms with Crippen molar-refractivity contribution in [3.63, 3.8) is 0 Å². The third kappa shape index (κ3) is 3.25. The third-order valence-corrected chi connectivity index (χ3v) is 5.67. The average Bonchev–Trinajstić information content (AvgIpc) is 3.08. The summed E-state index contributed by atoms with van der Waals surface area (Å²) in [7, 11) is 3.81. The van der Waals surface area contributed by atoms with Gasteiger partial charge in [0.1, 0.15) is 15.8 Å². The van der Waals surface area contributed by atoms with Crippen LogP contribution in [0.2, 0.25) is 0 Å². The predicted molar refractivity (Wildman–Crippen MR) is 92.0 cm³/mol. The number of esters is 1.